The lowest BCUT2D eigenvalue weighted by atomic mass is 10.0. The topological polar surface area (TPSA) is 74.1 Å². The fourth-order valence-electron chi connectivity index (χ4n) is 2.86. The first-order valence-electron chi connectivity index (χ1n) is 8.12. The van der Waals surface area contributed by atoms with Gasteiger partial charge < -0.3 is 0 Å². The van der Waals surface area contributed by atoms with Crippen LogP contribution in [0.2, 0.25) is 0 Å². The number of benzene rings is 1. The average Bonchev–Trinajstić information content (AvgIpc) is 2.62. The number of piperidine rings is 1. The van der Waals surface area contributed by atoms with Crippen LogP contribution in [0.15, 0.2) is 52.9 Å². The average molecular weight is 353 g/mol. The number of aryl methyl sites for hydroxylation is 1. The van der Waals surface area contributed by atoms with Gasteiger partial charge in [-0.15, -0.1) is 0 Å². The van der Waals surface area contributed by atoms with E-state index in [-0.39, 0.29) is 4.90 Å². The van der Waals surface area contributed by atoms with Gasteiger partial charge >= 0.3 is 0 Å². The highest BCUT2D eigenvalue weighted by molar-refractivity contribution is 7.89. The SMILES string of the molecule is Cc1cccc(C=C2CCN(S(=O)(=O)c3ccc(C#N)cc3)CC2)n1. The fourth-order valence-corrected chi connectivity index (χ4v) is 4.30. The minimum absolute atomic E-state index is 0.235. The summed E-state index contributed by atoms with van der Waals surface area (Å²) in [6, 6.07) is 13.9. The molecule has 0 spiro atoms. The van der Waals surface area contributed by atoms with Gasteiger partial charge in [-0.05, 0) is 62.2 Å². The van der Waals surface area contributed by atoms with E-state index < -0.39 is 10.0 Å². The Morgan fingerprint density at radius 3 is 2.40 bits per heavy atom. The molecule has 25 heavy (non-hydrogen) atoms. The molecule has 1 aliphatic heterocycles. The van der Waals surface area contributed by atoms with Crippen molar-refractivity contribution in [1.29, 1.82) is 5.26 Å². The molecule has 1 aliphatic rings. The number of rotatable bonds is 3. The predicted molar refractivity (Wildman–Crippen MR) is 96.1 cm³/mol. The number of nitrogens with zero attached hydrogens (tertiary/aromatic N) is 3. The van der Waals surface area contributed by atoms with Crippen molar-refractivity contribution in [2.24, 2.45) is 0 Å². The van der Waals surface area contributed by atoms with Crippen LogP contribution in [0.1, 0.15) is 29.8 Å². The van der Waals surface area contributed by atoms with Gasteiger partial charge in [0.1, 0.15) is 0 Å². The number of hydrogen-bond donors (Lipinski definition) is 0. The van der Waals surface area contributed by atoms with Crippen LogP contribution in [0.25, 0.3) is 6.08 Å². The molecule has 0 bridgehead atoms. The minimum Gasteiger partial charge on any atom is -0.254 e. The van der Waals surface area contributed by atoms with Crippen molar-refractivity contribution in [2.45, 2.75) is 24.7 Å². The van der Waals surface area contributed by atoms with Crippen molar-refractivity contribution in [3.63, 3.8) is 0 Å². The van der Waals surface area contributed by atoms with Crippen LogP contribution in [0.3, 0.4) is 0 Å². The monoisotopic (exact) mass is 353 g/mol. The summed E-state index contributed by atoms with van der Waals surface area (Å²) in [5.74, 6) is 0. The fraction of sp³-hybridized carbons (Fsp3) is 0.263. The Hall–Kier alpha value is -2.49. The largest absolute Gasteiger partial charge is 0.254 e. The highest BCUT2D eigenvalue weighted by Gasteiger charge is 2.27. The Bertz CT molecular complexity index is 931. The van der Waals surface area contributed by atoms with Crippen LogP contribution in [-0.2, 0) is 10.0 Å². The molecule has 0 N–H and O–H groups in total. The second-order valence-electron chi connectivity index (χ2n) is 6.05. The third-order valence-corrected chi connectivity index (χ3v) is 6.16. The molecule has 0 amide bonds. The number of nitriles is 1. The van der Waals surface area contributed by atoms with Crippen molar-refractivity contribution >= 4 is 16.1 Å². The summed E-state index contributed by atoms with van der Waals surface area (Å²) in [5, 5.41) is 8.83. The molecule has 5 nitrogen and oxygen atoms in total. The summed E-state index contributed by atoms with van der Waals surface area (Å²) in [4.78, 5) is 4.70. The van der Waals surface area contributed by atoms with E-state index in [4.69, 9.17) is 5.26 Å². The van der Waals surface area contributed by atoms with E-state index in [1.165, 1.54) is 34.1 Å². The lowest BCUT2D eigenvalue weighted by molar-refractivity contribution is 0.388. The molecule has 1 saturated heterocycles. The molecule has 1 aromatic heterocycles. The maximum absolute atomic E-state index is 12.7. The van der Waals surface area contributed by atoms with Crippen LogP contribution < -0.4 is 0 Å². The van der Waals surface area contributed by atoms with Gasteiger partial charge in [-0.1, -0.05) is 11.6 Å². The Kier molecular flexibility index (Phi) is 4.98. The number of hydrogen-bond acceptors (Lipinski definition) is 4. The molecule has 1 fully saturated rings. The lowest BCUT2D eigenvalue weighted by Crippen LogP contribution is -2.36. The first-order valence-corrected chi connectivity index (χ1v) is 9.56. The molecular weight excluding hydrogens is 334 g/mol. The molecule has 2 aromatic rings. The van der Waals surface area contributed by atoms with Gasteiger partial charge in [-0.2, -0.15) is 9.57 Å². The zero-order valence-electron chi connectivity index (χ0n) is 14.0. The van der Waals surface area contributed by atoms with E-state index >= 15 is 0 Å². The Morgan fingerprint density at radius 1 is 1.12 bits per heavy atom. The number of pyridine rings is 1. The van der Waals surface area contributed by atoms with E-state index in [1.54, 1.807) is 0 Å². The standard InChI is InChI=1S/C19H19N3O2S/c1-15-3-2-4-18(21-15)13-16-9-11-22(12-10-16)25(23,24)19-7-5-17(14-20)6-8-19/h2-8,13H,9-12H2,1H3. The first kappa shape index (κ1) is 17.3. The molecular formula is C19H19N3O2S. The van der Waals surface area contributed by atoms with Gasteiger partial charge in [-0.3, -0.25) is 4.98 Å². The minimum atomic E-state index is -3.51. The molecule has 2 heterocycles. The Labute approximate surface area is 148 Å². The summed E-state index contributed by atoms with van der Waals surface area (Å²) >= 11 is 0. The quantitative estimate of drug-likeness (QED) is 0.850. The van der Waals surface area contributed by atoms with Crippen LogP contribution in [0.4, 0.5) is 0 Å². The zero-order valence-corrected chi connectivity index (χ0v) is 14.8. The maximum Gasteiger partial charge on any atom is 0.243 e. The van der Waals surface area contributed by atoms with Crippen LogP contribution in [0.5, 0.6) is 0 Å². The van der Waals surface area contributed by atoms with E-state index in [0.29, 0.717) is 31.5 Å². The van der Waals surface area contributed by atoms with Crippen LogP contribution >= 0.6 is 0 Å². The smallest absolute Gasteiger partial charge is 0.243 e. The zero-order chi connectivity index (χ0) is 17.9. The first-order chi connectivity index (χ1) is 12.0. The van der Waals surface area contributed by atoms with E-state index in [0.717, 1.165) is 11.4 Å². The summed E-state index contributed by atoms with van der Waals surface area (Å²) < 4.78 is 26.9. The predicted octanol–water partition coefficient (Wildman–Crippen LogP) is 3.13. The van der Waals surface area contributed by atoms with Crippen LogP contribution in [0, 0.1) is 18.3 Å². The number of sulfonamides is 1. The lowest BCUT2D eigenvalue weighted by Gasteiger charge is -2.27. The van der Waals surface area contributed by atoms with Gasteiger partial charge in [0, 0.05) is 18.8 Å². The summed E-state index contributed by atoms with van der Waals surface area (Å²) in [6.07, 6.45) is 3.45. The highest BCUT2D eigenvalue weighted by Crippen LogP contribution is 2.24. The van der Waals surface area contributed by atoms with Gasteiger partial charge in [0.25, 0.3) is 0 Å². The van der Waals surface area contributed by atoms with Crippen molar-refractivity contribution in [2.75, 3.05) is 13.1 Å². The van der Waals surface area contributed by atoms with Crippen molar-refractivity contribution in [3.05, 3.63) is 65.0 Å². The third kappa shape index (κ3) is 3.95. The molecule has 3 rings (SSSR count). The maximum atomic E-state index is 12.7. The summed E-state index contributed by atoms with van der Waals surface area (Å²) in [7, 11) is -3.51. The van der Waals surface area contributed by atoms with Gasteiger partial charge in [0.05, 0.1) is 22.2 Å². The molecule has 0 unspecified atom stereocenters. The van der Waals surface area contributed by atoms with Gasteiger partial charge in [0.15, 0.2) is 0 Å². The third-order valence-electron chi connectivity index (χ3n) is 4.25. The van der Waals surface area contributed by atoms with E-state index in [9.17, 15) is 8.42 Å². The Balaban J connectivity index is 1.71. The number of aromatic nitrogens is 1. The highest BCUT2D eigenvalue weighted by atomic mass is 32.2. The molecule has 6 heteroatoms. The second-order valence-corrected chi connectivity index (χ2v) is 7.98. The van der Waals surface area contributed by atoms with Gasteiger partial charge in [-0.25, -0.2) is 8.42 Å². The summed E-state index contributed by atoms with van der Waals surface area (Å²) in [5.41, 5.74) is 3.55. The van der Waals surface area contributed by atoms with Crippen molar-refractivity contribution in [3.8, 4) is 6.07 Å². The molecule has 0 radical (unpaired) electrons. The summed E-state index contributed by atoms with van der Waals surface area (Å²) in [6.45, 7) is 2.87. The second kappa shape index (κ2) is 7.18. The van der Waals surface area contributed by atoms with Crippen molar-refractivity contribution < 1.29 is 8.42 Å². The van der Waals surface area contributed by atoms with Gasteiger partial charge in [0.2, 0.25) is 10.0 Å². The molecule has 0 aliphatic carbocycles. The van der Waals surface area contributed by atoms with Crippen molar-refractivity contribution in [1.82, 2.24) is 9.29 Å². The molecule has 0 atom stereocenters. The van der Waals surface area contributed by atoms with E-state index in [1.807, 2.05) is 31.2 Å². The Morgan fingerprint density at radius 2 is 1.80 bits per heavy atom. The molecule has 1 aromatic carbocycles. The van der Waals surface area contributed by atoms with E-state index in [2.05, 4.69) is 11.1 Å². The molecule has 0 saturated carbocycles. The molecule has 128 valence electrons. The van der Waals surface area contributed by atoms with Crippen LogP contribution in [-0.4, -0.2) is 30.8 Å². The normalized spacial score (nSPS) is 15.6.